The normalized spacial score (nSPS) is 18.3. The highest BCUT2D eigenvalue weighted by molar-refractivity contribution is 5.77. The van der Waals surface area contributed by atoms with Gasteiger partial charge in [-0.3, -0.25) is 14.8 Å². The smallest absolute Gasteiger partial charge is 0.188 e. The summed E-state index contributed by atoms with van der Waals surface area (Å²) in [5.41, 5.74) is 5.95. The summed E-state index contributed by atoms with van der Waals surface area (Å²) in [6, 6.07) is 3.95. The molecule has 1 aliphatic rings. The zero-order valence-electron chi connectivity index (χ0n) is 14.2. The number of nitrogens with zero attached hydrogens (tertiary/aromatic N) is 3. The van der Waals surface area contributed by atoms with Gasteiger partial charge in [0.2, 0.25) is 0 Å². The van der Waals surface area contributed by atoms with Crippen molar-refractivity contribution in [2.24, 2.45) is 10.7 Å². The van der Waals surface area contributed by atoms with E-state index in [1.165, 1.54) is 0 Å². The number of aliphatic imine (C=N–C) groups is 1. The summed E-state index contributed by atoms with van der Waals surface area (Å²) in [7, 11) is 4.02. The van der Waals surface area contributed by atoms with Gasteiger partial charge in [-0.1, -0.05) is 0 Å². The molecular formula is C16H29N5O2. The van der Waals surface area contributed by atoms with Crippen molar-refractivity contribution in [1.29, 1.82) is 0 Å². The van der Waals surface area contributed by atoms with Crippen LogP contribution < -0.4 is 11.1 Å². The molecule has 0 bridgehead atoms. The van der Waals surface area contributed by atoms with E-state index in [0.717, 1.165) is 51.6 Å². The van der Waals surface area contributed by atoms with Gasteiger partial charge in [0, 0.05) is 19.6 Å². The Labute approximate surface area is 138 Å². The highest BCUT2D eigenvalue weighted by Gasteiger charge is 2.16. The Hall–Kier alpha value is -1.57. The molecule has 2 heterocycles. The number of ether oxygens (including phenoxy) is 1. The van der Waals surface area contributed by atoms with Crippen LogP contribution in [0, 0.1) is 0 Å². The summed E-state index contributed by atoms with van der Waals surface area (Å²) in [5.74, 6) is 1.39. The number of morpholine rings is 1. The van der Waals surface area contributed by atoms with Gasteiger partial charge in [0.1, 0.15) is 5.76 Å². The Morgan fingerprint density at radius 1 is 1.43 bits per heavy atom. The van der Waals surface area contributed by atoms with E-state index >= 15 is 0 Å². The van der Waals surface area contributed by atoms with Crippen LogP contribution in [0.15, 0.2) is 27.8 Å². The number of guanidine groups is 1. The Balaban J connectivity index is 1.67. The lowest BCUT2D eigenvalue weighted by molar-refractivity contribution is 0.0376. The third-order valence-electron chi connectivity index (χ3n) is 3.99. The Morgan fingerprint density at radius 3 is 2.87 bits per heavy atom. The first kappa shape index (κ1) is 17.8. The zero-order chi connectivity index (χ0) is 16.5. The van der Waals surface area contributed by atoms with Gasteiger partial charge in [-0.05, 0) is 39.2 Å². The molecule has 0 aliphatic carbocycles. The first-order valence-electron chi connectivity index (χ1n) is 8.20. The van der Waals surface area contributed by atoms with Crippen LogP contribution in [0.3, 0.4) is 0 Å². The Morgan fingerprint density at radius 2 is 2.22 bits per heavy atom. The maximum Gasteiger partial charge on any atom is 0.188 e. The quantitative estimate of drug-likeness (QED) is 0.412. The molecule has 0 spiro atoms. The minimum absolute atomic E-state index is 0.0960. The standard InChI is InChI=1S/C16H29N5O2/c1-20(2)14(15-5-3-10-23-15)13-19-16(17)18-6-4-7-21-8-11-22-12-9-21/h3,5,10,14H,4,6-9,11-13H2,1-2H3,(H3,17,18,19). The maximum atomic E-state index is 5.95. The second-order valence-electron chi connectivity index (χ2n) is 5.96. The second-order valence-corrected chi connectivity index (χ2v) is 5.96. The lowest BCUT2D eigenvalue weighted by Gasteiger charge is -2.26. The molecule has 0 aromatic carbocycles. The van der Waals surface area contributed by atoms with Crippen molar-refractivity contribution in [1.82, 2.24) is 15.1 Å². The fourth-order valence-electron chi connectivity index (χ4n) is 2.57. The third-order valence-corrected chi connectivity index (χ3v) is 3.99. The fourth-order valence-corrected chi connectivity index (χ4v) is 2.57. The lowest BCUT2D eigenvalue weighted by atomic mass is 10.2. The molecule has 1 aromatic heterocycles. The minimum atomic E-state index is 0.0960. The van der Waals surface area contributed by atoms with Crippen LogP contribution in [0.2, 0.25) is 0 Å². The molecule has 0 amide bonds. The highest BCUT2D eigenvalue weighted by atomic mass is 16.5. The molecule has 0 saturated carbocycles. The number of rotatable bonds is 8. The number of hydrogen-bond acceptors (Lipinski definition) is 5. The van der Waals surface area contributed by atoms with Gasteiger partial charge in [-0.2, -0.15) is 0 Å². The molecule has 130 valence electrons. The van der Waals surface area contributed by atoms with Crippen molar-refractivity contribution < 1.29 is 9.15 Å². The summed E-state index contributed by atoms with van der Waals surface area (Å²) < 4.78 is 10.8. The van der Waals surface area contributed by atoms with Gasteiger partial charge >= 0.3 is 0 Å². The van der Waals surface area contributed by atoms with Crippen LogP contribution in [0.1, 0.15) is 18.2 Å². The number of nitrogens with one attached hydrogen (secondary N) is 1. The lowest BCUT2D eigenvalue weighted by Crippen LogP contribution is -2.39. The summed E-state index contributed by atoms with van der Waals surface area (Å²) in [6.07, 6.45) is 2.73. The van der Waals surface area contributed by atoms with Crippen molar-refractivity contribution in [2.75, 3.05) is 60.0 Å². The predicted molar refractivity (Wildman–Crippen MR) is 91.5 cm³/mol. The van der Waals surface area contributed by atoms with E-state index in [-0.39, 0.29) is 6.04 Å². The first-order chi connectivity index (χ1) is 11.2. The topological polar surface area (TPSA) is 79.3 Å². The van der Waals surface area contributed by atoms with E-state index in [4.69, 9.17) is 14.9 Å². The van der Waals surface area contributed by atoms with Crippen molar-refractivity contribution in [3.05, 3.63) is 24.2 Å². The molecule has 1 aliphatic heterocycles. The van der Waals surface area contributed by atoms with E-state index in [1.807, 2.05) is 26.2 Å². The predicted octanol–water partition coefficient (Wildman–Crippen LogP) is 0.509. The average Bonchev–Trinajstić information content (AvgIpc) is 3.06. The first-order valence-corrected chi connectivity index (χ1v) is 8.20. The van der Waals surface area contributed by atoms with Gasteiger partial charge in [-0.25, -0.2) is 0 Å². The third kappa shape index (κ3) is 6.21. The number of nitrogens with two attached hydrogens (primary N) is 1. The van der Waals surface area contributed by atoms with Gasteiger partial charge in [-0.15, -0.1) is 0 Å². The molecule has 1 atom stereocenters. The van der Waals surface area contributed by atoms with E-state index < -0.39 is 0 Å². The second kappa shape index (κ2) is 9.54. The fraction of sp³-hybridized carbons (Fsp3) is 0.688. The number of hydrogen-bond donors (Lipinski definition) is 2. The van der Waals surface area contributed by atoms with E-state index in [1.54, 1.807) is 6.26 Å². The molecular weight excluding hydrogens is 294 g/mol. The monoisotopic (exact) mass is 323 g/mol. The van der Waals surface area contributed by atoms with Crippen molar-refractivity contribution in [3.8, 4) is 0 Å². The molecule has 7 nitrogen and oxygen atoms in total. The summed E-state index contributed by atoms with van der Waals surface area (Å²) in [6.45, 7) is 6.21. The van der Waals surface area contributed by atoms with Crippen LogP contribution in [-0.4, -0.2) is 75.8 Å². The molecule has 7 heteroatoms. The number of likely N-dealkylation sites (N-methyl/N-ethyl adjacent to an activating group) is 1. The molecule has 1 unspecified atom stereocenters. The summed E-state index contributed by atoms with van der Waals surface area (Å²) >= 11 is 0. The maximum absolute atomic E-state index is 5.95. The van der Waals surface area contributed by atoms with E-state index in [9.17, 15) is 0 Å². The Bertz CT molecular complexity index is 455. The van der Waals surface area contributed by atoms with Gasteiger partial charge in [0.15, 0.2) is 5.96 Å². The number of furan rings is 1. The molecule has 1 aromatic rings. The van der Waals surface area contributed by atoms with Crippen LogP contribution in [0.5, 0.6) is 0 Å². The van der Waals surface area contributed by atoms with Crippen LogP contribution in [-0.2, 0) is 4.74 Å². The largest absolute Gasteiger partial charge is 0.468 e. The van der Waals surface area contributed by atoms with Crippen LogP contribution >= 0.6 is 0 Å². The van der Waals surface area contributed by atoms with Crippen molar-refractivity contribution in [3.63, 3.8) is 0 Å². The van der Waals surface area contributed by atoms with Gasteiger partial charge in [0.25, 0.3) is 0 Å². The molecule has 1 saturated heterocycles. The highest BCUT2D eigenvalue weighted by Crippen LogP contribution is 2.18. The molecule has 3 N–H and O–H groups in total. The zero-order valence-corrected chi connectivity index (χ0v) is 14.2. The van der Waals surface area contributed by atoms with E-state index in [2.05, 4.69) is 20.1 Å². The molecule has 23 heavy (non-hydrogen) atoms. The Kier molecular flexibility index (Phi) is 7.38. The summed E-state index contributed by atoms with van der Waals surface area (Å²) in [4.78, 5) is 8.93. The summed E-state index contributed by atoms with van der Waals surface area (Å²) in [5, 5.41) is 3.18. The van der Waals surface area contributed by atoms with E-state index in [0.29, 0.717) is 12.5 Å². The van der Waals surface area contributed by atoms with Crippen molar-refractivity contribution >= 4 is 5.96 Å². The molecule has 1 fully saturated rings. The van der Waals surface area contributed by atoms with Gasteiger partial charge < -0.3 is 20.2 Å². The average molecular weight is 323 g/mol. The SMILES string of the molecule is CN(C)C(CN=C(N)NCCCN1CCOCC1)c1ccco1. The molecule has 0 radical (unpaired) electrons. The minimum Gasteiger partial charge on any atom is -0.468 e. The van der Waals surface area contributed by atoms with Crippen molar-refractivity contribution in [2.45, 2.75) is 12.5 Å². The van der Waals surface area contributed by atoms with Gasteiger partial charge in [0.05, 0.1) is 32.1 Å². The molecule has 2 rings (SSSR count). The van der Waals surface area contributed by atoms with Crippen LogP contribution in [0.25, 0.3) is 0 Å². The van der Waals surface area contributed by atoms with Crippen LogP contribution in [0.4, 0.5) is 0 Å².